The van der Waals surface area contributed by atoms with Crippen LogP contribution in [0.3, 0.4) is 0 Å². The van der Waals surface area contributed by atoms with Gasteiger partial charge >= 0.3 is 17.8 Å². The van der Waals surface area contributed by atoms with Crippen LogP contribution in [0.25, 0.3) is 21.8 Å². The van der Waals surface area contributed by atoms with Gasteiger partial charge in [0, 0.05) is 13.1 Å². The second-order valence-electron chi connectivity index (χ2n) is 10.0. The van der Waals surface area contributed by atoms with Crippen molar-refractivity contribution in [1.29, 1.82) is 0 Å². The normalized spacial score (nSPS) is 11.7. The minimum atomic E-state index is -1.50. The van der Waals surface area contributed by atoms with Crippen molar-refractivity contribution in [3.63, 3.8) is 0 Å². The number of H-pyrrole nitrogens is 2. The van der Waals surface area contributed by atoms with Crippen LogP contribution in [0.2, 0.25) is 0 Å². The Labute approximate surface area is 250 Å². The summed E-state index contributed by atoms with van der Waals surface area (Å²) < 4.78 is 6.06. The fraction of sp³-hybridized carbons (Fsp3) is 0.233. The van der Waals surface area contributed by atoms with Gasteiger partial charge in [0.1, 0.15) is 19.2 Å². The molecule has 2 heterocycles. The summed E-state index contributed by atoms with van der Waals surface area (Å²) in [6, 6.07) is 19.2. The Morgan fingerprint density at radius 1 is 1.00 bits per heavy atom. The van der Waals surface area contributed by atoms with Gasteiger partial charge in [-0.15, -0.1) is 0 Å². The third-order valence-electron chi connectivity index (χ3n) is 6.95. The summed E-state index contributed by atoms with van der Waals surface area (Å²) in [5, 5.41) is 29.6. The molecular formula is C30H31N7O7. The lowest BCUT2D eigenvalue weighted by Crippen LogP contribution is -2.49. The number of aliphatic carboxylic acids is 1. The van der Waals surface area contributed by atoms with Gasteiger partial charge in [-0.1, -0.05) is 54.6 Å². The molecule has 2 aromatic heterocycles. The number of amides is 2. The Morgan fingerprint density at radius 3 is 2.59 bits per heavy atom. The van der Waals surface area contributed by atoms with Gasteiger partial charge in [0.05, 0.1) is 16.7 Å². The number of aryl methyl sites for hydroxylation is 1. The summed E-state index contributed by atoms with van der Waals surface area (Å²) in [6.07, 6.45) is -0.118. The van der Waals surface area contributed by atoms with Crippen molar-refractivity contribution in [2.75, 3.05) is 18.4 Å². The smallest absolute Gasteiger partial charge is 0.408 e. The van der Waals surface area contributed by atoms with E-state index in [0.717, 1.165) is 31.9 Å². The molecule has 0 aliphatic carbocycles. The summed E-state index contributed by atoms with van der Waals surface area (Å²) >= 11 is 0. The summed E-state index contributed by atoms with van der Waals surface area (Å²) in [4.78, 5) is 59.0. The second-order valence-corrected chi connectivity index (χ2v) is 10.0. The number of aromatic nitrogens is 4. The fourth-order valence-corrected chi connectivity index (χ4v) is 4.70. The van der Waals surface area contributed by atoms with Gasteiger partial charge in [0.2, 0.25) is 17.7 Å². The van der Waals surface area contributed by atoms with Crippen LogP contribution in [-0.4, -0.2) is 66.8 Å². The minimum Gasteiger partial charge on any atom is -0.493 e. The number of benzene rings is 3. The number of rotatable bonds is 13. The highest BCUT2D eigenvalue weighted by molar-refractivity contribution is 5.86. The fourth-order valence-electron chi connectivity index (χ4n) is 4.70. The molecule has 0 radical (unpaired) electrons. The summed E-state index contributed by atoms with van der Waals surface area (Å²) in [5.41, 5.74) is 2.04. The number of carbonyl (C=O) groups excluding carboxylic acids is 2. The number of hydrogen-bond acceptors (Lipinski definition) is 8. The lowest BCUT2D eigenvalue weighted by molar-refractivity contribution is -0.139. The number of imidazole rings is 2. The monoisotopic (exact) mass is 601 g/mol. The Balaban J connectivity index is 1.08. The van der Waals surface area contributed by atoms with Crippen LogP contribution >= 0.6 is 0 Å². The number of carboxylic acids is 1. The quantitative estimate of drug-likeness (QED) is 0.0989. The first-order valence-electron chi connectivity index (χ1n) is 13.9. The molecule has 44 heavy (non-hydrogen) atoms. The molecule has 5 rings (SSSR count). The Kier molecular flexibility index (Phi) is 9.08. The molecule has 0 bridgehead atoms. The number of aromatic hydroxyl groups is 1. The SMILES string of the molecule is O=C(Cn1c(O)c(CCCNc2nc3ccccc3[nH]2)[nH]c1=O)NC[C@H](NC(=O)OCc1cccc2ccccc12)C(=O)O. The first kappa shape index (κ1) is 29.7. The molecule has 1 atom stereocenters. The maximum atomic E-state index is 12.5. The van der Waals surface area contributed by atoms with E-state index in [0.29, 0.717) is 25.3 Å². The molecule has 7 N–H and O–H groups in total. The van der Waals surface area contributed by atoms with E-state index in [1.807, 2.05) is 60.7 Å². The van der Waals surface area contributed by atoms with Crippen LogP contribution in [0, 0.1) is 0 Å². The van der Waals surface area contributed by atoms with Crippen LogP contribution in [0.4, 0.5) is 10.7 Å². The van der Waals surface area contributed by atoms with E-state index in [1.54, 1.807) is 6.07 Å². The standard InChI is InChI=1S/C30H31N7O7/c38-25(32-15-24(27(40)41)36-30(43)44-17-19-9-5-8-18-7-1-2-10-20(18)19)16-37-26(39)23(35-29(37)42)13-6-14-31-28-33-21-11-3-4-12-22(21)34-28/h1-5,7-12,24,39H,6,13-17H2,(H,32,38)(H,35,42)(H,36,43)(H,40,41)(H2,31,33,34)/t24-/m0/s1. The van der Waals surface area contributed by atoms with Gasteiger partial charge in [-0.3, -0.25) is 9.36 Å². The van der Waals surface area contributed by atoms with Gasteiger partial charge in [-0.25, -0.2) is 19.4 Å². The molecule has 0 fully saturated rings. The predicted molar refractivity (Wildman–Crippen MR) is 161 cm³/mol. The number of ether oxygens (including phenoxy) is 1. The Hall–Kier alpha value is -5.79. The molecule has 3 aromatic carbocycles. The highest BCUT2D eigenvalue weighted by Gasteiger charge is 2.23. The van der Waals surface area contributed by atoms with E-state index >= 15 is 0 Å². The van der Waals surface area contributed by atoms with Crippen molar-refractivity contribution in [2.24, 2.45) is 0 Å². The number of alkyl carbamates (subject to hydrolysis) is 1. The molecule has 0 saturated heterocycles. The molecule has 2 amide bonds. The van der Waals surface area contributed by atoms with Gasteiger partial charge < -0.3 is 40.9 Å². The molecule has 0 unspecified atom stereocenters. The average Bonchev–Trinajstić information content (AvgIpc) is 3.55. The third kappa shape index (κ3) is 7.15. The zero-order valence-electron chi connectivity index (χ0n) is 23.5. The van der Waals surface area contributed by atoms with Gasteiger partial charge in [0.25, 0.3) is 0 Å². The van der Waals surface area contributed by atoms with E-state index in [2.05, 4.69) is 30.9 Å². The zero-order valence-corrected chi connectivity index (χ0v) is 23.5. The predicted octanol–water partition coefficient (Wildman–Crippen LogP) is 2.45. The van der Waals surface area contributed by atoms with Crippen molar-refractivity contribution < 1.29 is 29.3 Å². The Bertz CT molecular complexity index is 1820. The van der Waals surface area contributed by atoms with Crippen molar-refractivity contribution in [1.82, 2.24) is 30.2 Å². The lowest BCUT2D eigenvalue weighted by atomic mass is 10.1. The van der Waals surface area contributed by atoms with E-state index in [1.165, 1.54) is 0 Å². The summed E-state index contributed by atoms with van der Waals surface area (Å²) in [5.74, 6) is -1.92. The van der Waals surface area contributed by atoms with Crippen LogP contribution in [0.1, 0.15) is 17.7 Å². The van der Waals surface area contributed by atoms with Crippen LogP contribution < -0.4 is 21.6 Å². The van der Waals surface area contributed by atoms with Gasteiger partial charge in [-0.2, -0.15) is 0 Å². The maximum absolute atomic E-state index is 12.5. The molecule has 5 aromatic rings. The number of carbonyl (C=O) groups is 3. The highest BCUT2D eigenvalue weighted by atomic mass is 16.5. The first-order chi connectivity index (χ1) is 21.3. The average molecular weight is 602 g/mol. The topological polar surface area (TPSA) is 203 Å². The zero-order chi connectivity index (χ0) is 31.1. The summed E-state index contributed by atoms with van der Waals surface area (Å²) in [6.45, 7) is -0.616. The molecule has 0 saturated carbocycles. The highest BCUT2D eigenvalue weighted by Crippen LogP contribution is 2.19. The lowest BCUT2D eigenvalue weighted by Gasteiger charge is -2.16. The molecule has 228 valence electrons. The largest absolute Gasteiger partial charge is 0.493 e. The van der Waals surface area contributed by atoms with E-state index < -0.39 is 42.8 Å². The number of nitrogens with zero attached hydrogens (tertiary/aromatic N) is 2. The van der Waals surface area contributed by atoms with Gasteiger partial charge in [0.15, 0.2) is 0 Å². The molecule has 14 heteroatoms. The molecular weight excluding hydrogens is 570 g/mol. The van der Waals surface area contributed by atoms with E-state index in [9.17, 15) is 29.4 Å². The third-order valence-corrected chi connectivity index (χ3v) is 6.95. The number of fused-ring (bicyclic) bond motifs is 2. The van der Waals surface area contributed by atoms with Crippen molar-refractivity contribution in [3.05, 3.63) is 88.5 Å². The second kappa shape index (κ2) is 13.5. The van der Waals surface area contributed by atoms with Gasteiger partial charge in [-0.05, 0) is 41.3 Å². The molecule has 14 nitrogen and oxygen atoms in total. The molecule has 0 aliphatic rings. The number of hydrogen-bond donors (Lipinski definition) is 7. The van der Waals surface area contributed by atoms with E-state index in [4.69, 9.17) is 4.74 Å². The number of anilines is 1. The number of carboxylic acid groups (broad SMARTS) is 1. The number of nitrogens with one attached hydrogen (secondary N) is 5. The maximum Gasteiger partial charge on any atom is 0.408 e. The molecule has 0 spiro atoms. The van der Waals surface area contributed by atoms with Crippen molar-refractivity contribution in [2.45, 2.75) is 32.0 Å². The van der Waals surface area contributed by atoms with Crippen molar-refractivity contribution >= 4 is 45.7 Å². The van der Waals surface area contributed by atoms with Crippen LogP contribution in [0.5, 0.6) is 5.88 Å². The molecule has 0 aliphatic heterocycles. The van der Waals surface area contributed by atoms with Crippen LogP contribution in [-0.2, 0) is 33.9 Å². The summed E-state index contributed by atoms with van der Waals surface area (Å²) in [7, 11) is 0. The number of para-hydroxylation sites is 2. The minimum absolute atomic E-state index is 0.0835. The van der Waals surface area contributed by atoms with Crippen LogP contribution in [0.15, 0.2) is 71.5 Å². The van der Waals surface area contributed by atoms with Crippen molar-refractivity contribution in [3.8, 4) is 5.88 Å². The number of aromatic amines is 2. The first-order valence-corrected chi connectivity index (χ1v) is 13.9. The Morgan fingerprint density at radius 2 is 1.77 bits per heavy atom. The van der Waals surface area contributed by atoms with E-state index in [-0.39, 0.29) is 18.2 Å².